The lowest BCUT2D eigenvalue weighted by Gasteiger charge is -2.35. The van der Waals surface area contributed by atoms with Gasteiger partial charge in [0.15, 0.2) is 0 Å². The van der Waals surface area contributed by atoms with Crippen molar-refractivity contribution in [2.75, 3.05) is 0 Å². The number of aryl methyl sites for hydroxylation is 1. The summed E-state index contributed by atoms with van der Waals surface area (Å²) in [5.41, 5.74) is 3.69. The number of hydrogen-bond donors (Lipinski definition) is 1. The minimum atomic E-state index is -0.765. The monoisotopic (exact) mass is 377 g/mol. The third-order valence-electron chi connectivity index (χ3n) is 6.33. The number of benzene rings is 2. The van der Waals surface area contributed by atoms with Crippen molar-refractivity contribution in [2.24, 2.45) is 11.8 Å². The SMILES string of the molecule is O=C(O)[C@H]1CCC[C@@H](C(=O)N(Cc2ccccc2)C2CCc3ccccc32)C1. The smallest absolute Gasteiger partial charge is 0.306 e. The predicted octanol–water partition coefficient (Wildman–Crippen LogP) is 4.59. The number of carboxylic acid groups (broad SMARTS) is 1. The van der Waals surface area contributed by atoms with Crippen LogP contribution in [0, 0.1) is 11.8 Å². The fraction of sp³-hybridized carbons (Fsp3) is 0.417. The van der Waals surface area contributed by atoms with Gasteiger partial charge in [-0.15, -0.1) is 0 Å². The standard InChI is InChI=1S/C24H27NO3/c26-23(19-10-6-11-20(15-19)24(27)28)25(16-17-7-2-1-3-8-17)22-14-13-18-9-4-5-12-21(18)22/h1-5,7-9,12,19-20,22H,6,10-11,13-16H2,(H,27,28)/t19-,20+,22?/m1/s1. The minimum absolute atomic E-state index is 0.0779. The molecule has 0 aromatic heterocycles. The number of amides is 1. The van der Waals surface area contributed by atoms with E-state index in [0.29, 0.717) is 19.4 Å². The zero-order valence-corrected chi connectivity index (χ0v) is 16.1. The van der Waals surface area contributed by atoms with Crippen molar-refractivity contribution in [3.8, 4) is 0 Å². The zero-order valence-electron chi connectivity index (χ0n) is 16.1. The molecule has 2 aliphatic carbocycles. The summed E-state index contributed by atoms with van der Waals surface area (Å²) in [5.74, 6) is -1.22. The quantitative estimate of drug-likeness (QED) is 0.829. The molecule has 2 aromatic rings. The maximum absolute atomic E-state index is 13.6. The Bertz CT molecular complexity index is 848. The second kappa shape index (κ2) is 8.17. The summed E-state index contributed by atoms with van der Waals surface area (Å²) < 4.78 is 0. The Morgan fingerprint density at radius 3 is 2.43 bits per heavy atom. The van der Waals surface area contributed by atoms with Gasteiger partial charge in [-0.1, -0.05) is 61.0 Å². The summed E-state index contributed by atoms with van der Waals surface area (Å²) in [6.45, 7) is 0.576. The second-order valence-corrected chi connectivity index (χ2v) is 8.10. The Morgan fingerprint density at radius 1 is 0.929 bits per heavy atom. The Hall–Kier alpha value is -2.62. The normalized spacial score (nSPS) is 23.8. The van der Waals surface area contributed by atoms with Crippen LogP contribution in [0.15, 0.2) is 54.6 Å². The van der Waals surface area contributed by atoms with Gasteiger partial charge in [-0.3, -0.25) is 9.59 Å². The molecule has 0 bridgehead atoms. The number of carbonyl (C=O) groups excluding carboxylic acids is 1. The topological polar surface area (TPSA) is 57.6 Å². The minimum Gasteiger partial charge on any atom is -0.481 e. The number of nitrogens with zero attached hydrogens (tertiary/aromatic N) is 1. The van der Waals surface area contributed by atoms with Crippen LogP contribution in [0.5, 0.6) is 0 Å². The van der Waals surface area contributed by atoms with E-state index in [4.69, 9.17) is 0 Å². The molecular weight excluding hydrogens is 350 g/mol. The molecule has 0 saturated heterocycles. The molecule has 4 heteroatoms. The fourth-order valence-electron chi connectivity index (χ4n) is 4.85. The van der Waals surface area contributed by atoms with E-state index in [2.05, 4.69) is 30.3 Å². The highest BCUT2D eigenvalue weighted by atomic mass is 16.4. The van der Waals surface area contributed by atoms with E-state index < -0.39 is 11.9 Å². The molecule has 1 fully saturated rings. The average molecular weight is 377 g/mol. The van der Waals surface area contributed by atoms with E-state index in [1.807, 2.05) is 29.2 Å². The first-order chi connectivity index (χ1) is 13.6. The highest BCUT2D eigenvalue weighted by Crippen LogP contribution is 2.39. The summed E-state index contributed by atoms with van der Waals surface area (Å²) in [6, 6.07) is 18.6. The van der Waals surface area contributed by atoms with E-state index in [9.17, 15) is 14.7 Å². The maximum atomic E-state index is 13.6. The summed E-state index contributed by atoms with van der Waals surface area (Å²) >= 11 is 0. The Morgan fingerprint density at radius 2 is 1.64 bits per heavy atom. The molecule has 1 amide bonds. The van der Waals surface area contributed by atoms with Crippen molar-refractivity contribution in [1.29, 1.82) is 0 Å². The van der Waals surface area contributed by atoms with E-state index in [-0.39, 0.29) is 17.9 Å². The van der Waals surface area contributed by atoms with Crippen molar-refractivity contribution < 1.29 is 14.7 Å². The number of carbonyl (C=O) groups is 2. The van der Waals surface area contributed by atoms with E-state index in [1.165, 1.54) is 11.1 Å². The van der Waals surface area contributed by atoms with Gasteiger partial charge in [-0.25, -0.2) is 0 Å². The summed E-state index contributed by atoms with van der Waals surface area (Å²) in [6.07, 6.45) is 4.68. The van der Waals surface area contributed by atoms with Gasteiger partial charge >= 0.3 is 5.97 Å². The van der Waals surface area contributed by atoms with Crippen LogP contribution in [-0.2, 0) is 22.6 Å². The Balaban J connectivity index is 1.61. The predicted molar refractivity (Wildman–Crippen MR) is 108 cm³/mol. The molecular formula is C24H27NO3. The van der Waals surface area contributed by atoms with Crippen LogP contribution in [0.4, 0.5) is 0 Å². The van der Waals surface area contributed by atoms with Crippen molar-refractivity contribution in [3.63, 3.8) is 0 Å². The van der Waals surface area contributed by atoms with Crippen molar-refractivity contribution in [3.05, 3.63) is 71.3 Å². The highest BCUT2D eigenvalue weighted by Gasteiger charge is 2.37. The number of fused-ring (bicyclic) bond motifs is 1. The van der Waals surface area contributed by atoms with Gasteiger partial charge in [0.25, 0.3) is 0 Å². The molecule has 1 saturated carbocycles. The molecule has 146 valence electrons. The summed E-state index contributed by atoms with van der Waals surface area (Å²) in [5, 5.41) is 9.43. The number of carboxylic acids is 1. The first kappa shape index (κ1) is 18.7. The summed E-state index contributed by atoms with van der Waals surface area (Å²) in [4.78, 5) is 27.1. The molecule has 0 radical (unpaired) electrons. The molecule has 1 N–H and O–H groups in total. The maximum Gasteiger partial charge on any atom is 0.306 e. The molecule has 4 rings (SSSR count). The Labute approximate surface area is 166 Å². The molecule has 1 unspecified atom stereocenters. The van der Waals surface area contributed by atoms with Crippen molar-refractivity contribution >= 4 is 11.9 Å². The van der Waals surface area contributed by atoms with Crippen LogP contribution in [-0.4, -0.2) is 21.9 Å². The fourth-order valence-corrected chi connectivity index (χ4v) is 4.85. The summed E-state index contributed by atoms with van der Waals surface area (Å²) in [7, 11) is 0. The first-order valence-electron chi connectivity index (χ1n) is 10.3. The molecule has 3 atom stereocenters. The number of aliphatic carboxylic acids is 1. The van der Waals surface area contributed by atoms with Gasteiger partial charge in [-0.2, -0.15) is 0 Å². The molecule has 0 aliphatic heterocycles. The largest absolute Gasteiger partial charge is 0.481 e. The van der Waals surface area contributed by atoms with Crippen molar-refractivity contribution in [1.82, 2.24) is 4.90 Å². The van der Waals surface area contributed by atoms with Crippen LogP contribution in [0.1, 0.15) is 54.8 Å². The van der Waals surface area contributed by atoms with Gasteiger partial charge in [-0.05, 0) is 48.8 Å². The second-order valence-electron chi connectivity index (χ2n) is 8.10. The number of rotatable bonds is 5. The third-order valence-corrected chi connectivity index (χ3v) is 6.33. The van der Waals surface area contributed by atoms with Crippen LogP contribution < -0.4 is 0 Å². The van der Waals surface area contributed by atoms with Crippen LogP contribution in [0.25, 0.3) is 0 Å². The van der Waals surface area contributed by atoms with E-state index in [1.54, 1.807) is 0 Å². The van der Waals surface area contributed by atoms with Crippen LogP contribution in [0.3, 0.4) is 0 Å². The molecule has 4 nitrogen and oxygen atoms in total. The highest BCUT2D eigenvalue weighted by molar-refractivity contribution is 5.81. The molecule has 2 aliphatic rings. The first-order valence-corrected chi connectivity index (χ1v) is 10.3. The average Bonchev–Trinajstić information content (AvgIpc) is 3.16. The van der Waals surface area contributed by atoms with E-state index in [0.717, 1.165) is 31.2 Å². The Kier molecular flexibility index (Phi) is 5.47. The van der Waals surface area contributed by atoms with Gasteiger partial charge in [0.05, 0.1) is 12.0 Å². The van der Waals surface area contributed by atoms with Gasteiger partial charge < -0.3 is 10.0 Å². The lowest BCUT2D eigenvalue weighted by Crippen LogP contribution is -2.40. The molecule has 0 spiro atoms. The lowest BCUT2D eigenvalue weighted by atomic mass is 9.80. The third kappa shape index (κ3) is 3.82. The molecule has 28 heavy (non-hydrogen) atoms. The number of hydrogen-bond acceptors (Lipinski definition) is 2. The van der Waals surface area contributed by atoms with Crippen molar-refractivity contribution in [2.45, 2.75) is 51.1 Å². The molecule has 0 heterocycles. The van der Waals surface area contributed by atoms with Crippen LogP contribution in [0.2, 0.25) is 0 Å². The zero-order chi connectivity index (χ0) is 19.5. The van der Waals surface area contributed by atoms with E-state index >= 15 is 0 Å². The van der Waals surface area contributed by atoms with Gasteiger partial charge in [0.2, 0.25) is 5.91 Å². The molecule has 2 aromatic carbocycles. The van der Waals surface area contributed by atoms with Gasteiger partial charge in [0, 0.05) is 12.5 Å². The van der Waals surface area contributed by atoms with Crippen LogP contribution >= 0.6 is 0 Å². The lowest BCUT2D eigenvalue weighted by molar-refractivity contribution is -0.146. The van der Waals surface area contributed by atoms with Gasteiger partial charge in [0.1, 0.15) is 0 Å².